The van der Waals surface area contributed by atoms with Crippen LogP contribution in [0.2, 0.25) is 0 Å². The Morgan fingerprint density at radius 1 is 1.22 bits per heavy atom. The molecular weight excluding hydrogens is 240 g/mol. The van der Waals surface area contributed by atoms with Crippen LogP contribution in [0.25, 0.3) is 0 Å². The van der Waals surface area contributed by atoms with Gasteiger partial charge in [0.2, 0.25) is 12.7 Å². The molecule has 0 spiro atoms. The average molecular weight is 252 g/mol. The summed E-state index contributed by atoms with van der Waals surface area (Å²) in [7, 11) is 0. The minimum Gasteiger partial charge on any atom is -0.480 e. The summed E-state index contributed by atoms with van der Waals surface area (Å²) >= 11 is 0. The average Bonchev–Trinajstić information content (AvgIpc) is 2.75. The summed E-state index contributed by atoms with van der Waals surface area (Å²) < 4.78 is 10.3. The molecule has 18 heavy (non-hydrogen) atoms. The lowest BCUT2D eigenvalue weighted by Crippen LogP contribution is -2.31. The van der Waals surface area contributed by atoms with E-state index in [-0.39, 0.29) is 25.8 Å². The molecule has 0 bridgehead atoms. The van der Waals surface area contributed by atoms with Gasteiger partial charge in [0, 0.05) is 11.8 Å². The van der Waals surface area contributed by atoms with E-state index in [9.17, 15) is 9.59 Å². The molecule has 1 aromatic carbocycles. The van der Waals surface area contributed by atoms with Crippen LogP contribution in [-0.4, -0.2) is 36.9 Å². The first-order valence-corrected chi connectivity index (χ1v) is 5.27. The number of aliphatic carboxylic acids is 1. The van der Waals surface area contributed by atoms with Crippen molar-refractivity contribution < 1.29 is 24.2 Å². The molecule has 7 heteroatoms. The number of amides is 1. The molecule has 0 radical (unpaired) electrons. The van der Waals surface area contributed by atoms with Crippen LogP contribution in [0.4, 0.5) is 5.69 Å². The Balaban J connectivity index is 1.85. The normalized spacial score (nSPS) is 12.2. The van der Waals surface area contributed by atoms with Gasteiger partial charge in [-0.25, -0.2) is 0 Å². The molecule has 2 rings (SSSR count). The first-order valence-electron chi connectivity index (χ1n) is 5.27. The SMILES string of the molecule is O=C(O)CNCC(=O)Nc1ccc2c(c1)OCO2. The van der Waals surface area contributed by atoms with Crippen molar-refractivity contribution in [2.75, 3.05) is 25.2 Å². The smallest absolute Gasteiger partial charge is 0.317 e. The van der Waals surface area contributed by atoms with Gasteiger partial charge in [0.1, 0.15) is 0 Å². The van der Waals surface area contributed by atoms with E-state index in [1.165, 1.54) is 0 Å². The number of hydrogen-bond acceptors (Lipinski definition) is 5. The number of ether oxygens (including phenoxy) is 2. The molecule has 0 unspecified atom stereocenters. The zero-order valence-corrected chi connectivity index (χ0v) is 9.43. The number of hydrogen-bond donors (Lipinski definition) is 3. The third kappa shape index (κ3) is 3.11. The van der Waals surface area contributed by atoms with Crippen LogP contribution in [0.3, 0.4) is 0 Å². The minimum atomic E-state index is -1.01. The summed E-state index contributed by atoms with van der Waals surface area (Å²) in [6.07, 6.45) is 0. The highest BCUT2D eigenvalue weighted by atomic mass is 16.7. The summed E-state index contributed by atoms with van der Waals surface area (Å²) in [5.41, 5.74) is 0.571. The van der Waals surface area contributed by atoms with Crippen LogP contribution < -0.4 is 20.1 Å². The van der Waals surface area contributed by atoms with Crippen molar-refractivity contribution in [3.63, 3.8) is 0 Å². The second-order valence-corrected chi connectivity index (χ2v) is 3.61. The maximum atomic E-state index is 11.5. The molecular formula is C11H12N2O5. The molecule has 0 aromatic heterocycles. The molecule has 1 amide bonds. The lowest BCUT2D eigenvalue weighted by molar-refractivity contribution is -0.135. The predicted octanol–water partition coefficient (Wildman–Crippen LogP) is 0.0280. The fourth-order valence-corrected chi connectivity index (χ4v) is 1.46. The quantitative estimate of drug-likeness (QED) is 0.684. The van der Waals surface area contributed by atoms with E-state index >= 15 is 0 Å². The number of carbonyl (C=O) groups is 2. The Kier molecular flexibility index (Phi) is 3.63. The standard InChI is InChI=1S/C11H12N2O5/c14-10(4-12-5-11(15)16)13-7-1-2-8-9(3-7)18-6-17-8/h1-3,12H,4-6H2,(H,13,14)(H,15,16). The van der Waals surface area contributed by atoms with Crippen LogP contribution >= 0.6 is 0 Å². The summed E-state index contributed by atoms with van der Waals surface area (Å²) in [4.78, 5) is 21.7. The van der Waals surface area contributed by atoms with Gasteiger partial charge >= 0.3 is 5.97 Å². The van der Waals surface area contributed by atoms with Gasteiger partial charge in [-0.05, 0) is 12.1 Å². The lowest BCUT2D eigenvalue weighted by atomic mass is 10.3. The second kappa shape index (κ2) is 5.37. The number of fused-ring (bicyclic) bond motifs is 1. The monoisotopic (exact) mass is 252 g/mol. The van der Waals surface area contributed by atoms with E-state index in [0.717, 1.165) is 0 Å². The number of carboxylic acids is 1. The van der Waals surface area contributed by atoms with Gasteiger partial charge in [-0.2, -0.15) is 0 Å². The maximum Gasteiger partial charge on any atom is 0.317 e. The first kappa shape index (κ1) is 12.2. The van der Waals surface area contributed by atoms with Gasteiger partial charge < -0.3 is 19.9 Å². The van der Waals surface area contributed by atoms with E-state index in [2.05, 4.69) is 10.6 Å². The Morgan fingerprint density at radius 2 is 2.00 bits per heavy atom. The number of benzene rings is 1. The molecule has 1 aromatic rings. The highest BCUT2D eigenvalue weighted by Gasteiger charge is 2.14. The minimum absolute atomic E-state index is 0.0687. The van der Waals surface area contributed by atoms with Crippen LogP contribution in [0, 0.1) is 0 Å². The van der Waals surface area contributed by atoms with Gasteiger partial charge in [0.25, 0.3) is 0 Å². The van der Waals surface area contributed by atoms with Crippen molar-refractivity contribution in [1.29, 1.82) is 0 Å². The van der Waals surface area contributed by atoms with E-state index in [1.54, 1.807) is 18.2 Å². The van der Waals surface area contributed by atoms with E-state index in [0.29, 0.717) is 17.2 Å². The predicted molar refractivity (Wildman–Crippen MR) is 61.7 cm³/mol. The summed E-state index contributed by atoms with van der Waals surface area (Å²) in [6.45, 7) is -0.151. The van der Waals surface area contributed by atoms with E-state index in [1.807, 2.05) is 0 Å². The van der Waals surface area contributed by atoms with Crippen LogP contribution in [0.5, 0.6) is 11.5 Å². The molecule has 7 nitrogen and oxygen atoms in total. The molecule has 0 saturated heterocycles. The Labute approximate surface area is 103 Å². The zero-order chi connectivity index (χ0) is 13.0. The molecule has 1 aliphatic heterocycles. The third-order valence-electron chi connectivity index (χ3n) is 2.22. The van der Waals surface area contributed by atoms with Crippen LogP contribution in [-0.2, 0) is 9.59 Å². The topological polar surface area (TPSA) is 96.9 Å². The van der Waals surface area contributed by atoms with Gasteiger partial charge in [0.15, 0.2) is 11.5 Å². The third-order valence-corrected chi connectivity index (χ3v) is 2.22. The number of carboxylic acid groups (broad SMARTS) is 1. The molecule has 1 aliphatic rings. The molecule has 0 fully saturated rings. The van der Waals surface area contributed by atoms with Crippen molar-refractivity contribution >= 4 is 17.6 Å². The summed E-state index contributed by atoms with van der Waals surface area (Å²) in [6, 6.07) is 5.03. The van der Waals surface area contributed by atoms with E-state index in [4.69, 9.17) is 14.6 Å². The van der Waals surface area contributed by atoms with Gasteiger partial charge in [-0.1, -0.05) is 0 Å². The van der Waals surface area contributed by atoms with E-state index < -0.39 is 5.97 Å². The Bertz CT molecular complexity index is 475. The highest BCUT2D eigenvalue weighted by molar-refractivity contribution is 5.92. The van der Waals surface area contributed by atoms with Crippen molar-refractivity contribution in [2.24, 2.45) is 0 Å². The van der Waals surface area contributed by atoms with Gasteiger partial charge in [0.05, 0.1) is 13.1 Å². The van der Waals surface area contributed by atoms with Crippen molar-refractivity contribution in [3.05, 3.63) is 18.2 Å². The molecule has 1 heterocycles. The molecule has 0 aliphatic carbocycles. The molecule has 0 atom stereocenters. The molecule has 0 saturated carbocycles. The van der Waals surface area contributed by atoms with Crippen molar-refractivity contribution in [2.45, 2.75) is 0 Å². The van der Waals surface area contributed by atoms with Crippen molar-refractivity contribution in [1.82, 2.24) is 5.32 Å². The lowest BCUT2D eigenvalue weighted by Gasteiger charge is -2.06. The fourth-order valence-electron chi connectivity index (χ4n) is 1.46. The first-order chi connectivity index (χ1) is 8.65. The van der Waals surface area contributed by atoms with Crippen LogP contribution in [0.1, 0.15) is 0 Å². The number of anilines is 1. The maximum absolute atomic E-state index is 11.5. The summed E-state index contributed by atoms with van der Waals surface area (Å²) in [5.74, 6) is -0.121. The fraction of sp³-hybridized carbons (Fsp3) is 0.273. The number of carbonyl (C=O) groups excluding carboxylic acids is 1. The molecule has 3 N–H and O–H groups in total. The highest BCUT2D eigenvalue weighted by Crippen LogP contribution is 2.34. The largest absolute Gasteiger partial charge is 0.480 e. The van der Waals surface area contributed by atoms with Gasteiger partial charge in [-0.3, -0.25) is 14.9 Å². The number of nitrogens with one attached hydrogen (secondary N) is 2. The Hall–Kier alpha value is -2.28. The second-order valence-electron chi connectivity index (χ2n) is 3.61. The number of rotatable bonds is 5. The van der Waals surface area contributed by atoms with Crippen molar-refractivity contribution in [3.8, 4) is 11.5 Å². The zero-order valence-electron chi connectivity index (χ0n) is 9.43. The van der Waals surface area contributed by atoms with Gasteiger partial charge in [-0.15, -0.1) is 0 Å². The summed E-state index contributed by atoms with van der Waals surface area (Å²) in [5, 5.41) is 13.5. The van der Waals surface area contributed by atoms with Crippen LogP contribution in [0.15, 0.2) is 18.2 Å². The Morgan fingerprint density at radius 3 is 2.78 bits per heavy atom. The molecule has 96 valence electrons.